The fourth-order valence-electron chi connectivity index (χ4n) is 0. The standard InChI is InChI=1S/FH3N2OS/c1-3(2)4-5/h5H,2H2. The van der Waals surface area contributed by atoms with Gasteiger partial charge in [0.2, 0.25) is 0 Å². The molecule has 2 N–H and O–H groups in total. The van der Waals surface area contributed by atoms with Crippen LogP contribution in [0.3, 0.4) is 0 Å². The average Bonchev–Trinajstić information content (AvgIpc) is 1.38. The summed E-state index contributed by atoms with van der Waals surface area (Å²) in [6, 6.07) is 0. The van der Waals surface area contributed by atoms with Gasteiger partial charge in [-0.15, -0.1) is 0 Å². The molecule has 0 aromatic carbocycles. The lowest BCUT2D eigenvalue weighted by molar-refractivity contribution is -0.197. The Labute approximate surface area is 34.0 Å². The summed E-state index contributed by atoms with van der Waals surface area (Å²) in [6.07, 6.45) is 0. The molecular weight excluding hydrogens is 95.1 g/mol. The lowest BCUT2D eigenvalue weighted by Crippen LogP contribution is -2.16. The maximum atomic E-state index is 10.7. The molecule has 0 fully saturated rings. The summed E-state index contributed by atoms with van der Waals surface area (Å²) in [4.78, 5) is 0. The molecule has 0 aromatic heterocycles. The number of halogens is 1. The monoisotopic (exact) mass is 98.0 g/mol. The second-order valence-corrected chi connectivity index (χ2v) is 0.517. The minimum absolute atomic E-state index is 0.511. The number of rotatable bonds is 1. The molecule has 3 nitrogen and oxygen atoms in total. The van der Waals surface area contributed by atoms with Crippen LogP contribution in [-0.2, 0) is 4.28 Å². The first-order chi connectivity index (χ1) is 2.27. The molecule has 0 aliphatic heterocycles. The molecule has 0 saturated carbocycles. The van der Waals surface area contributed by atoms with Crippen molar-refractivity contribution in [3.8, 4) is 0 Å². The van der Waals surface area contributed by atoms with Crippen LogP contribution >= 0.6 is 12.9 Å². The van der Waals surface area contributed by atoms with Gasteiger partial charge in [0.25, 0.3) is 0 Å². The topological polar surface area (TPSA) is 38.5 Å². The van der Waals surface area contributed by atoms with Crippen molar-refractivity contribution in [1.82, 2.24) is 5.39 Å². The Morgan fingerprint density at radius 3 is 2.20 bits per heavy atom. The van der Waals surface area contributed by atoms with E-state index in [4.69, 9.17) is 0 Å². The van der Waals surface area contributed by atoms with Crippen molar-refractivity contribution >= 4 is 12.9 Å². The van der Waals surface area contributed by atoms with Crippen molar-refractivity contribution in [1.29, 1.82) is 0 Å². The highest BCUT2D eigenvalue weighted by Crippen LogP contribution is 1.79. The number of nitrogens with zero attached hydrogens (tertiary/aromatic N) is 1. The first kappa shape index (κ1) is 5.16. The molecule has 0 saturated heterocycles. The smallest absolute Gasteiger partial charge is 0.0625 e. The Kier molecular flexibility index (Phi) is 2.48. The molecule has 32 valence electrons. The summed E-state index contributed by atoms with van der Waals surface area (Å²) in [6.45, 7) is 0. The molecule has 0 aliphatic rings. The van der Waals surface area contributed by atoms with Crippen LogP contribution in [0.4, 0.5) is 4.48 Å². The van der Waals surface area contributed by atoms with E-state index in [2.05, 4.69) is 23.0 Å². The third kappa shape index (κ3) is 4.16. The van der Waals surface area contributed by atoms with E-state index < -0.39 is 5.39 Å². The molecule has 0 aliphatic carbocycles. The second kappa shape index (κ2) is 2.40. The Morgan fingerprint density at radius 1 is 2.00 bits per heavy atom. The number of nitrogens with two attached hydrogens (primary N) is 1. The van der Waals surface area contributed by atoms with Gasteiger partial charge in [0, 0.05) is 12.9 Å². The highest BCUT2D eigenvalue weighted by atomic mass is 32.1. The van der Waals surface area contributed by atoms with E-state index in [-0.39, 0.29) is 0 Å². The van der Waals surface area contributed by atoms with E-state index in [1.54, 1.807) is 0 Å². The van der Waals surface area contributed by atoms with E-state index >= 15 is 0 Å². The Hall–Kier alpha value is 0.160. The van der Waals surface area contributed by atoms with Crippen molar-refractivity contribution < 1.29 is 8.77 Å². The van der Waals surface area contributed by atoms with Crippen LogP contribution in [0.15, 0.2) is 0 Å². The van der Waals surface area contributed by atoms with Crippen LogP contribution in [0.5, 0.6) is 0 Å². The fourth-order valence-corrected chi connectivity index (χ4v) is 0. The Balaban J connectivity index is 2.54. The average molecular weight is 98.1 g/mol. The maximum Gasteiger partial charge on any atom is 0.0625 e. The largest absolute Gasteiger partial charge is 0.214 e. The van der Waals surface area contributed by atoms with Gasteiger partial charge in [-0.2, -0.15) is 4.28 Å². The highest BCUT2D eigenvalue weighted by molar-refractivity contribution is 7.75. The number of hydrogen-bond donors (Lipinski definition) is 2. The fraction of sp³-hybridized carbons (Fsp3) is 0. The Morgan fingerprint density at radius 2 is 2.20 bits per heavy atom. The molecule has 0 amide bonds. The summed E-state index contributed by atoms with van der Waals surface area (Å²) in [5.41, 5.74) is 0. The van der Waals surface area contributed by atoms with Crippen LogP contribution in [-0.4, -0.2) is 5.39 Å². The van der Waals surface area contributed by atoms with Gasteiger partial charge in [-0.05, 0) is 0 Å². The van der Waals surface area contributed by atoms with Gasteiger partial charge in [0.1, 0.15) is 0 Å². The summed E-state index contributed by atoms with van der Waals surface area (Å²) < 4.78 is 14.1. The van der Waals surface area contributed by atoms with E-state index in [1.165, 1.54) is 0 Å². The molecule has 5 heavy (non-hydrogen) atoms. The normalized spacial score (nSPS) is 9.60. The molecule has 0 aromatic rings. The highest BCUT2D eigenvalue weighted by Gasteiger charge is 1.80. The minimum Gasteiger partial charge on any atom is -0.214 e. The van der Waals surface area contributed by atoms with Crippen molar-refractivity contribution in [3.05, 3.63) is 0 Å². The van der Waals surface area contributed by atoms with E-state index in [0.29, 0.717) is 0 Å². The van der Waals surface area contributed by atoms with Crippen LogP contribution in [0.25, 0.3) is 0 Å². The van der Waals surface area contributed by atoms with Crippen LogP contribution in [0.2, 0.25) is 0 Å². The maximum absolute atomic E-state index is 10.7. The van der Waals surface area contributed by atoms with Crippen LogP contribution in [0, 0.1) is 0 Å². The number of hydrogen-bond acceptors (Lipinski definition) is 4. The molecule has 0 bridgehead atoms. The second-order valence-electron chi connectivity index (χ2n) is 0.354. The lowest BCUT2D eigenvalue weighted by atomic mass is 12.7. The van der Waals surface area contributed by atoms with Gasteiger partial charge in [-0.3, -0.25) is 0 Å². The first-order valence-electron chi connectivity index (χ1n) is 0.792. The van der Waals surface area contributed by atoms with Crippen molar-refractivity contribution in [2.24, 2.45) is 5.84 Å². The summed E-state index contributed by atoms with van der Waals surface area (Å²) >= 11 is 2.94. The quantitative estimate of drug-likeness (QED) is 0.157. The van der Waals surface area contributed by atoms with Crippen molar-refractivity contribution in [3.63, 3.8) is 0 Å². The van der Waals surface area contributed by atoms with Crippen LogP contribution < -0.4 is 5.84 Å². The molecule has 5 heteroatoms. The zero-order valence-electron chi connectivity index (χ0n) is 2.26. The van der Waals surface area contributed by atoms with Crippen molar-refractivity contribution in [2.75, 3.05) is 0 Å². The third-order valence-corrected chi connectivity index (χ3v) is 0.234. The molecule has 0 unspecified atom stereocenters. The predicted molar refractivity (Wildman–Crippen MR) is 17.2 cm³/mol. The minimum atomic E-state index is -0.511. The van der Waals surface area contributed by atoms with Crippen molar-refractivity contribution in [2.45, 2.75) is 0 Å². The molecule has 0 rings (SSSR count). The zero-order valence-corrected chi connectivity index (χ0v) is 3.15. The Bertz CT molecular complexity index is 23.6. The van der Waals surface area contributed by atoms with Gasteiger partial charge in [-0.1, -0.05) is 4.48 Å². The van der Waals surface area contributed by atoms with Gasteiger partial charge >= 0.3 is 0 Å². The molecule has 0 heterocycles. The molecular formula is H3FN2OS. The van der Waals surface area contributed by atoms with Gasteiger partial charge in [0.05, 0.1) is 5.39 Å². The van der Waals surface area contributed by atoms with E-state index in [1.807, 2.05) is 0 Å². The van der Waals surface area contributed by atoms with E-state index in [9.17, 15) is 4.48 Å². The molecule has 0 spiro atoms. The SMILES string of the molecule is NN(F)OS. The third-order valence-electron chi connectivity index (χ3n) is 0.0780. The van der Waals surface area contributed by atoms with Gasteiger partial charge in [-0.25, -0.2) is 5.84 Å². The summed E-state index contributed by atoms with van der Waals surface area (Å²) in [5.74, 6) is 4.16. The summed E-state index contributed by atoms with van der Waals surface area (Å²) in [7, 11) is 0. The lowest BCUT2D eigenvalue weighted by Gasteiger charge is -1.91. The molecule has 0 atom stereocenters. The summed E-state index contributed by atoms with van der Waals surface area (Å²) in [5, 5.41) is -0.511. The number of hydrazine groups is 1. The first-order valence-corrected chi connectivity index (χ1v) is 1.16. The van der Waals surface area contributed by atoms with E-state index in [0.717, 1.165) is 0 Å². The zero-order chi connectivity index (χ0) is 4.28. The molecule has 0 radical (unpaired) electrons. The predicted octanol–water partition coefficient (Wildman–Crippen LogP) is -0.177. The van der Waals surface area contributed by atoms with Crippen LogP contribution in [0.1, 0.15) is 0 Å². The number of thiol groups is 1. The van der Waals surface area contributed by atoms with Gasteiger partial charge < -0.3 is 0 Å². The van der Waals surface area contributed by atoms with Gasteiger partial charge in [0.15, 0.2) is 0 Å².